The summed E-state index contributed by atoms with van der Waals surface area (Å²) >= 11 is 8.08. The van der Waals surface area contributed by atoms with Crippen LogP contribution in [0.1, 0.15) is 29.3 Å². The molecule has 0 aromatic heterocycles. The molecule has 5 heteroatoms. The van der Waals surface area contributed by atoms with Crippen LogP contribution >= 0.6 is 23.4 Å². The second kappa shape index (κ2) is 7.74. The molecule has 1 fully saturated rings. The second-order valence-electron chi connectivity index (χ2n) is 4.81. The smallest absolute Gasteiger partial charge is 0.253 e. The van der Waals surface area contributed by atoms with E-state index >= 15 is 0 Å². The molecule has 1 aliphatic heterocycles. The molecule has 0 bridgehead atoms. The van der Waals surface area contributed by atoms with Crippen LogP contribution in [0, 0.1) is 11.8 Å². The average molecular weight is 324 g/mol. The van der Waals surface area contributed by atoms with Crippen LogP contribution in [0.4, 0.5) is 0 Å². The highest BCUT2D eigenvalue weighted by Gasteiger charge is 2.24. The molecule has 1 amide bonds. The molecule has 0 aliphatic carbocycles. The number of rotatable bonds is 2. The molecule has 1 atom stereocenters. The van der Waals surface area contributed by atoms with Gasteiger partial charge in [-0.25, -0.2) is 0 Å². The molecule has 3 nitrogen and oxygen atoms in total. The molecule has 1 aromatic carbocycles. The van der Waals surface area contributed by atoms with Crippen molar-refractivity contribution in [1.29, 1.82) is 0 Å². The topological polar surface area (TPSA) is 40.5 Å². The normalized spacial score (nSPS) is 18.0. The predicted octanol–water partition coefficient (Wildman–Crippen LogP) is 2.65. The number of nitrogens with zero attached hydrogens (tertiary/aromatic N) is 1. The van der Waals surface area contributed by atoms with E-state index in [1.165, 1.54) is 0 Å². The third kappa shape index (κ3) is 4.16. The number of aliphatic hydroxyl groups is 1. The first-order valence-corrected chi connectivity index (χ1v) is 8.38. The molecule has 0 spiro atoms. The van der Waals surface area contributed by atoms with Gasteiger partial charge in [0.05, 0.1) is 5.02 Å². The summed E-state index contributed by atoms with van der Waals surface area (Å²) in [5, 5.41) is 9.67. The SMILES string of the molecule is CCC1CN(C(=O)c2ccc(C#CCO)c(Cl)c2)CCS1. The summed E-state index contributed by atoms with van der Waals surface area (Å²) in [5.74, 6) is 6.33. The summed E-state index contributed by atoms with van der Waals surface area (Å²) in [6.07, 6.45) is 1.07. The number of amides is 1. The van der Waals surface area contributed by atoms with Crippen molar-refractivity contribution in [3.05, 3.63) is 34.3 Å². The van der Waals surface area contributed by atoms with Crippen molar-refractivity contribution in [2.45, 2.75) is 18.6 Å². The Labute approximate surface area is 134 Å². The van der Waals surface area contributed by atoms with Gasteiger partial charge in [0.25, 0.3) is 5.91 Å². The Morgan fingerprint density at radius 3 is 3.05 bits per heavy atom. The monoisotopic (exact) mass is 323 g/mol. The van der Waals surface area contributed by atoms with Gasteiger partial charge in [-0.05, 0) is 24.6 Å². The number of hydrogen-bond acceptors (Lipinski definition) is 3. The Hall–Kier alpha value is -1.15. The highest BCUT2D eigenvalue weighted by molar-refractivity contribution is 8.00. The van der Waals surface area contributed by atoms with E-state index in [1.54, 1.807) is 18.2 Å². The average Bonchev–Trinajstić information content (AvgIpc) is 2.53. The van der Waals surface area contributed by atoms with E-state index in [0.717, 1.165) is 25.3 Å². The molecule has 1 heterocycles. The van der Waals surface area contributed by atoms with Crippen LogP contribution in [0.25, 0.3) is 0 Å². The quantitative estimate of drug-likeness (QED) is 0.851. The van der Waals surface area contributed by atoms with Crippen LogP contribution in [-0.4, -0.2) is 46.6 Å². The van der Waals surface area contributed by atoms with E-state index < -0.39 is 0 Å². The maximum absolute atomic E-state index is 12.5. The zero-order valence-electron chi connectivity index (χ0n) is 11.9. The summed E-state index contributed by atoms with van der Waals surface area (Å²) in [4.78, 5) is 14.4. The number of benzene rings is 1. The van der Waals surface area contributed by atoms with E-state index in [4.69, 9.17) is 16.7 Å². The van der Waals surface area contributed by atoms with Gasteiger partial charge < -0.3 is 10.0 Å². The predicted molar refractivity (Wildman–Crippen MR) is 87.9 cm³/mol. The molecule has 1 aliphatic rings. The van der Waals surface area contributed by atoms with Gasteiger partial charge in [0, 0.05) is 35.2 Å². The summed E-state index contributed by atoms with van der Waals surface area (Å²) in [6, 6.07) is 5.14. The van der Waals surface area contributed by atoms with Crippen molar-refractivity contribution in [3.8, 4) is 11.8 Å². The van der Waals surface area contributed by atoms with Crippen molar-refractivity contribution in [2.24, 2.45) is 0 Å². The van der Waals surface area contributed by atoms with Gasteiger partial charge >= 0.3 is 0 Å². The van der Waals surface area contributed by atoms with Crippen LogP contribution < -0.4 is 0 Å². The van der Waals surface area contributed by atoms with Gasteiger partial charge in [0.15, 0.2) is 0 Å². The van der Waals surface area contributed by atoms with Crippen LogP contribution in [0.15, 0.2) is 18.2 Å². The lowest BCUT2D eigenvalue weighted by atomic mass is 10.1. The van der Waals surface area contributed by atoms with Gasteiger partial charge in [0.1, 0.15) is 6.61 Å². The van der Waals surface area contributed by atoms with Crippen molar-refractivity contribution < 1.29 is 9.90 Å². The number of aliphatic hydroxyl groups excluding tert-OH is 1. The largest absolute Gasteiger partial charge is 0.384 e. The van der Waals surface area contributed by atoms with Gasteiger partial charge in [0.2, 0.25) is 0 Å². The molecule has 1 aromatic rings. The van der Waals surface area contributed by atoms with Crippen LogP contribution in [-0.2, 0) is 0 Å². The van der Waals surface area contributed by atoms with Crippen LogP contribution in [0.3, 0.4) is 0 Å². The van der Waals surface area contributed by atoms with Crippen molar-refractivity contribution in [2.75, 3.05) is 25.4 Å². The minimum atomic E-state index is -0.207. The number of thioether (sulfide) groups is 1. The lowest BCUT2D eigenvalue weighted by molar-refractivity contribution is 0.0761. The molecule has 1 unspecified atom stereocenters. The van der Waals surface area contributed by atoms with Gasteiger partial charge in [-0.2, -0.15) is 11.8 Å². The van der Waals surface area contributed by atoms with Crippen LogP contribution in [0.2, 0.25) is 5.02 Å². The van der Waals surface area contributed by atoms with E-state index in [-0.39, 0.29) is 12.5 Å². The van der Waals surface area contributed by atoms with E-state index in [1.807, 2.05) is 16.7 Å². The van der Waals surface area contributed by atoms with E-state index in [9.17, 15) is 4.79 Å². The fourth-order valence-corrected chi connectivity index (χ4v) is 3.63. The molecule has 1 N–H and O–H groups in total. The lowest BCUT2D eigenvalue weighted by Gasteiger charge is -2.32. The Kier molecular flexibility index (Phi) is 5.98. The molecule has 2 rings (SSSR count). The molecule has 21 heavy (non-hydrogen) atoms. The van der Waals surface area contributed by atoms with Crippen molar-refractivity contribution in [1.82, 2.24) is 4.90 Å². The number of hydrogen-bond donors (Lipinski definition) is 1. The molecule has 0 saturated carbocycles. The zero-order chi connectivity index (χ0) is 15.2. The minimum Gasteiger partial charge on any atom is -0.384 e. The van der Waals surface area contributed by atoms with Crippen molar-refractivity contribution >= 4 is 29.3 Å². The zero-order valence-corrected chi connectivity index (χ0v) is 13.5. The molecule has 1 saturated heterocycles. The number of carbonyl (C=O) groups excluding carboxylic acids is 1. The Morgan fingerprint density at radius 2 is 2.38 bits per heavy atom. The highest BCUT2D eigenvalue weighted by atomic mass is 35.5. The summed E-state index contributed by atoms with van der Waals surface area (Å²) in [7, 11) is 0. The first kappa shape index (κ1) is 16.2. The maximum atomic E-state index is 12.5. The highest BCUT2D eigenvalue weighted by Crippen LogP contribution is 2.24. The van der Waals surface area contributed by atoms with E-state index in [0.29, 0.717) is 21.4 Å². The first-order chi connectivity index (χ1) is 10.2. The Morgan fingerprint density at radius 1 is 1.57 bits per heavy atom. The summed E-state index contributed by atoms with van der Waals surface area (Å²) in [6.45, 7) is 3.52. The number of carbonyl (C=O) groups is 1. The lowest BCUT2D eigenvalue weighted by Crippen LogP contribution is -2.41. The second-order valence-corrected chi connectivity index (χ2v) is 6.62. The summed E-state index contributed by atoms with van der Waals surface area (Å²) in [5.41, 5.74) is 1.22. The fourth-order valence-electron chi connectivity index (χ4n) is 2.22. The van der Waals surface area contributed by atoms with Gasteiger partial charge in [-0.3, -0.25) is 4.79 Å². The maximum Gasteiger partial charge on any atom is 0.253 e. The molecule has 112 valence electrons. The fraction of sp³-hybridized carbons (Fsp3) is 0.438. The Balaban J connectivity index is 2.14. The molecular weight excluding hydrogens is 306 g/mol. The summed E-state index contributed by atoms with van der Waals surface area (Å²) < 4.78 is 0. The first-order valence-electron chi connectivity index (χ1n) is 6.95. The van der Waals surface area contributed by atoms with Crippen molar-refractivity contribution in [3.63, 3.8) is 0 Å². The number of halogens is 1. The standard InChI is InChI=1S/C16H18ClNO2S/c1-2-14-11-18(7-9-21-14)16(20)13-6-5-12(4-3-8-19)15(17)10-13/h5-6,10,14,19H,2,7-9,11H2,1H3. The Bertz CT molecular complexity index is 579. The van der Waals surface area contributed by atoms with Crippen LogP contribution in [0.5, 0.6) is 0 Å². The van der Waals surface area contributed by atoms with Gasteiger partial charge in [-0.15, -0.1) is 0 Å². The third-order valence-electron chi connectivity index (χ3n) is 3.40. The molecular formula is C16H18ClNO2S. The third-order valence-corrected chi connectivity index (χ3v) is 5.08. The molecule has 0 radical (unpaired) electrons. The van der Waals surface area contributed by atoms with Gasteiger partial charge in [-0.1, -0.05) is 30.4 Å². The van der Waals surface area contributed by atoms with E-state index in [2.05, 4.69) is 18.8 Å². The minimum absolute atomic E-state index is 0.0253.